The smallest absolute Gasteiger partial charge is 0.342 e. The molecule has 0 aliphatic heterocycles. The van der Waals surface area contributed by atoms with E-state index >= 15 is 0 Å². The summed E-state index contributed by atoms with van der Waals surface area (Å²) in [5, 5.41) is 3.66. The Morgan fingerprint density at radius 1 is 1.18 bits per heavy atom. The van der Waals surface area contributed by atoms with Gasteiger partial charge in [-0.1, -0.05) is 30.3 Å². The molecule has 2 aromatic carbocycles. The van der Waals surface area contributed by atoms with E-state index in [-0.39, 0.29) is 12.1 Å². The Balaban J connectivity index is 2.03. The standard InChI is InChI=1S/C19H18FN3O4S/c1-22(16-9-4-3-5-10-16)28(25,26)18-17(19(24)27-2)13-23(21-18)12-14-7-6-8-15(20)11-14/h3-11,13H,12H2,1-2H3. The van der Waals surface area contributed by atoms with E-state index in [2.05, 4.69) is 5.10 Å². The quantitative estimate of drug-likeness (QED) is 0.591. The van der Waals surface area contributed by atoms with Gasteiger partial charge in [-0.05, 0) is 29.8 Å². The Morgan fingerprint density at radius 2 is 1.89 bits per heavy atom. The molecule has 0 amide bonds. The number of sulfonamides is 1. The van der Waals surface area contributed by atoms with E-state index in [1.165, 1.54) is 36.1 Å². The van der Waals surface area contributed by atoms with E-state index in [4.69, 9.17) is 4.74 Å². The van der Waals surface area contributed by atoms with Crippen molar-refractivity contribution in [2.75, 3.05) is 18.5 Å². The minimum Gasteiger partial charge on any atom is -0.465 e. The number of hydrogen-bond acceptors (Lipinski definition) is 5. The van der Waals surface area contributed by atoms with Crippen LogP contribution in [0.15, 0.2) is 65.8 Å². The molecule has 0 fully saturated rings. The Kier molecular flexibility index (Phi) is 5.46. The number of nitrogens with zero attached hydrogens (tertiary/aromatic N) is 3. The van der Waals surface area contributed by atoms with Crippen LogP contribution < -0.4 is 4.31 Å². The van der Waals surface area contributed by atoms with Gasteiger partial charge in [-0.2, -0.15) is 13.5 Å². The van der Waals surface area contributed by atoms with Crippen LogP contribution in [0.25, 0.3) is 0 Å². The summed E-state index contributed by atoms with van der Waals surface area (Å²) in [6.07, 6.45) is 1.28. The number of halogens is 1. The fraction of sp³-hybridized carbons (Fsp3) is 0.158. The zero-order valence-corrected chi connectivity index (χ0v) is 16.1. The van der Waals surface area contributed by atoms with Crippen LogP contribution in [0.2, 0.25) is 0 Å². The van der Waals surface area contributed by atoms with E-state index < -0.39 is 26.8 Å². The van der Waals surface area contributed by atoms with Crippen LogP contribution in [0.3, 0.4) is 0 Å². The molecule has 0 aliphatic rings. The molecule has 1 heterocycles. The molecular weight excluding hydrogens is 385 g/mol. The summed E-state index contributed by atoms with van der Waals surface area (Å²) >= 11 is 0. The van der Waals surface area contributed by atoms with Crippen molar-refractivity contribution in [2.45, 2.75) is 11.6 Å². The Hall–Kier alpha value is -3.20. The molecule has 0 aliphatic carbocycles. The molecule has 0 N–H and O–H groups in total. The topological polar surface area (TPSA) is 81.5 Å². The normalized spacial score (nSPS) is 11.2. The fourth-order valence-electron chi connectivity index (χ4n) is 2.65. The second-order valence-electron chi connectivity index (χ2n) is 5.98. The van der Waals surface area contributed by atoms with Gasteiger partial charge in [0.1, 0.15) is 11.4 Å². The van der Waals surface area contributed by atoms with Gasteiger partial charge in [-0.15, -0.1) is 0 Å². The third-order valence-electron chi connectivity index (χ3n) is 4.09. The first-order chi connectivity index (χ1) is 13.3. The minimum atomic E-state index is -4.13. The highest BCUT2D eigenvalue weighted by molar-refractivity contribution is 7.92. The van der Waals surface area contributed by atoms with Gasteiger partial charge in [-0.3, -0.25) is 8.99 Å². The lowest BCUT2D eigenvalue weighted by Crippen LogP contribution is -2.28. The summed E-state index contributed by atoms with van der Waals surface area (Å²) in [6.45, 7) is 0.0896. The zero-order chi connectivity index (χ0) is 20.3. The third kappa shape index (κ3) is 3.89. The first-order valence-electron chi connectivity index (χ1n) is 8.27. The summed E-state index contributed by atoms with van der Waals surface area (Å²) < 4.78 is 46.6. The van der Waals surface area contributed by atoms with Gasteiger partial charge in [0.15, 0.2) is 0 Å². The molecule has 28 heavy (non-hydrogen) atoms. The average molecular weight is 403 g/mol. The molecule has 1 aromatic heterocycles. The molecule has 3 aromatic rings. The molecule has 0 saturated heterocycles. The van der Waals surface area contributed by atoms with Crippen molar-refractivity contribution in [3.05, 3.63) is 77.7 Å². The molecule has 0 bridgehead atoms. The predicted octanol–water partition coefficient (Wildman–Crippen LogP) is 2.68. The molecule has 7 nitrogen and oxygen atoms in total. The number of benzene rings is 2. The van der Waals surface area contributed by atoms with Crippen LogP contribution in [-0.4, -0.2) is 38.3 Å². The minimum absolute atomic E-state index is 0.0896. The van der Waals surface area contributed by atoms with E-state index in [9.17, 15) is 17.6 Å². The van der Waals surface area contributed by atoms with Gasteiger partial charge in [0.25, 0.3) is 10.0 Å². The number of anilines is 1. The number of carbonyl (C=O) groups excluding carboxylic acids is 1. The fourth-order valence-corrected chi connectivity index (χ4v) is 3.93. The van der Waals surface area contributed by atoms with Crippen molar-refractivity contribution in [2.24, 2.45) is 0 Å². The Morgan fingerprint density at radius 3 is 2.54 bits per heavy atom. The number of rotatable bonds is 6. The zero-order valence-electron chi connectivity index (χ0n) is 15.2. The number of para-hydroxylation sites is 1. The van der Waals surface area contributed by atoms with Crippen LogP contribution in [0, 0.1) is 5.82 Å². The maximum Gasteiger partial charge on any atom is 0.342 e. The van der Waals surface area contributed by atoms with Crippen molar-refractivity contribution in [1.29, 1.82) is 0 Å². The summed E-state index contributed by atoms with van der Waals surface area (Å²) in [4.78, 5) is 12.1. The lowest BCUT2D eigenvalue weighted by molar-refractivity contribution is 0.0596. The molecule has 3 rings (SSSR count). The summed E-state index contributed by atoms with van der Waals surface area (Å²) in [5.74, 6) is -1.25. The molecule has 0 saturated carbocycles. The second-order valence-corrected chi connectivity index (χ2v) is 7.86. The van der Waals surface area contributed by atoms with E-state index in [0.717, 1.165) is 11.4 Å². The van der Waals surface area contributed by atoms with Gasteiger partial charge in [0.05, 0.1) is 19.3 Å². The maximum atomic E-state index is 13.4. The highest BCUT2D eigenvalue weighted by atomic mass is 32.2. The largest absolute Gasteiger partial charge is 0.465 e. The second kappa shape index (κ2) is 7.81. The molecule has 0 atom stereocenters. The first kappa shape index (κ1) is 19.6. The van der Waals surface area contributed by atoms with E-state index in [1.54, 1.807) is 36.4 Å². The van der Waals surface area contributed by atoms with Crippen LogP contribution in [0.1, 0.15) is 15.9 Å². The van der Waals surface area contributed by atoms with Gasteiger partial charge in [0.2, 0.25) is 5.03 Å². The number of carbonyl (C=O) groups is 1. The van der Waals surface area contributed by atoms with Gasteiger partial charge < -0.3 is 4.74 Å². The van der Waals surface area contributed by atoms with Gasteiger partial charge in [0, 0.05) is 13.2 Å². The predicted molar refractivity (Wildman–Crippen MR) is 101 cm³/mol. The molecule has 0 unspecified atom stereocenters. The monoisotopic (exact) mass is 403 g/mol. The van der Waals surface area contributed by atoms with Crippen LogP contribution in [-0.2, 0) is 21.3 Å². The maximum absolute atomic E-state index is 13.4. The summed E-state index contributed by atoms with van der Waals surface area (Å²) in [6, 6.07) is 14.2. The summed E-state index contributed by atoms with van der Waals surface area (Å²) in [5.41, 5.74) is 0.791. The van der Waals surface area contributed by atoms with Crippen LogP contribution in [0.4, 0.5) is 10.1 Å². The number of hydrogen-bond donors (Lipinski definition) is 0. The average Bonchev–Trinajstić information content (AvgIpc) is 3.12. The summed E-state index contributed by atoms with van der Waals surface area (Å²) in [7, 11) is -1.60. The highest BCUT2D eigenvalue weighted by Crippen LogP contribution is 2.24. The van der Waals surface area contributed by atoms with Crippen molar-refractivity contribution in [3.63, 3.8) is 0 Å². The SMILES string of the molecule is COC(=O)c1cn(Cc2cccc(F)c2)nc1S(=O)(=O)N(C)c1ccccc1. The van der Waals surface area contributed by atoms with Crippen LogP contribution in [0.5, 0.6) is 0 Å². The van der Waals surface area contributed by atoms with Crippen LogP contribution >= 0.6 is 0 Å². The number of esters is 1. The lowest BCUT2D eigenvalue weighted by atomic mass is 10.2. The van der Waals surface area contributed by atoms with Crippen molar-refractivity contribution in [3.8, 4) is 0 Å². The molecule has 0 spiro atoms. The highest BCUT2D eigenvalue weighted by Gasteiger charge is 2.31. The third-order valence-corrected chi connectivity index (χ3v) is 5.81. The molecular formula is C19H18FN3O4S. The number of ether oxygens (including phenoxy) is 1. The van der Waals surface area contributed by atoms with Gasteiger partial charge >= 0.3 is 5.97 Å². The number of methoxy groups -OCH3 is 1. The molecule has 0 radical (unpaired) electrons. The lowest BCUT2D eigenvalue weighted by Gasteiger charge is -2.18. The molecule has 9 heteroatoms. The van der Waals surface area contributed by atoms with E-state index in [0.29, 0.717) is 11.3 Å². The first-order valence-corrected chi connectivity index (χ1v) is 9.71. The van der Waals surface area contributed by atoms with Gasteiger partial charge in [-0.25, -0.2) is 9.18 Å². The van der Waals surface area contributed by atoms with Crippen molar-refractivity contribution >= 4 is 21.7 Å². The number of aromatic nitrogens is 2. The molecule has 146 valence electrons. The van der Waals surface area contributed by atoms with E-state index in [1.807, 2.05) is 0 Å². The Bertz CT molecular complexity index is 1100. The van der Waals surface area contributed by atoms with Crippen molar-refractivity contribution in [1.82, 2.24) is 9.78 Å². The Labute approximate surface area is 162 Å². The van der Waals surface area contributed by atoms with Crippen molar-refractivity contribution < 1.29 is 22.3 Å².